The Hall–Kier alpha value is -1.61. The number of nitrogens with zero attached hydrogens (tertiary/aromatic N) is 2. The van der Waals surface area contributed by atoms with E-state index < -0.39 is 6.10 Å². The number of aliphatic hydroxyl groups excluding tert-OH is 1. The fourth-order valence-corrected chi connectivity index (χ4v) is 2.09. The summed E-state index contributed by atoms with van der Waals surface area (Å²) in [5.41, 5.74) is 2.36. The van der Waals surface area contributed by atoms with Crippen LogP contribution in [0.25, 0.3) is 0 Å². The second kappa shape index (κ2) is 5.17. The van der Waals surface area contributed by atoms with E-state index in [9.17, 15) is 5.11 Å². The first-order chi connectivity index (χ1) is 8.88. The van der Waals surface area contributed by atoms with Crippen molar-refractivity contribution in [2.45, 2.75) is 38.7 Å². The predicted molar refractivity (Wildman–Crippen MR) is 77.0 cm³/mol. The van der Waals surface area contributed by atoms with E-state index in [1.54, 1.807) is 6.20 Å². The first-order valence-corrected chi connectivity index (χ1v) is 6.62. The number of aromatic nitrogens is 2. The van der Waals surface area contributed by atoms with Gasteiger partial charge in [-0.2, -0.15) is 0 Å². The molecule has 0 aliphatic carbocycles. The SMILES string of the molecule is Cn1ccnc1CC(O)c1ccc(C(C)(C)C)cc1. The van der Waals surface area contributed by atoms with Crippen LogP contribution in [-0.4, -0.2) is 14.7 Å². The van der Waals surface area contributed by atoms with Crippen molar-refractivity contribution in [3.05, 3.63) is 53.6 Å². The Morgan fingerprint density at radius 1 is 1.21 bits per heavy atom. The molecule has 0 aliphatic heterocycles. The van der Waals surface area contributed by atoms with E-state index in [1.807, 2.05) is 29.9 Å². The van der Waals surface area contributed by atoms with Gasteiger partial charge in [0.15, 0.2) is 0 Å². The fourth-order valence-electron chi connectivity index (χ4n) is 2.09. The molecule has 1 atom stereocenters. The van der Waals surface area contributed by atoms with Gasteiger partial charge in [-0.05, 0) is 16.5 Å². The van der Waals surface area contributed by atoms with Crippen LogP contribution in [0.1, 0.15) is 43.8 Å². The molecular formula is C16H22N2O. The Morgan fingerprint density at radius 2 is 1.84 bits per heavy atom. The van der Waals surface area contributed by atoms with Crippen LogP contribution < -0.4 is 0 Å². The van der Waals surface area contributed by atoms with Crippen LogP contribution in [0.5, 0.6) is 0 Å². The molecule has 1 aromatic heterocycles. The van der Waals surface area contributed by atoms with Crippen LogP contribution in [-0.2, 0) is 18.9 Å². The molecule has 0 saturated heterocycles. The lowest BCUT2D eigenvalue weighted by molar-refractivity contribution is 0.175. The van der Waals surface area contributed by atoms with Gasteiger partial charge in [0.1, 0.15) is 5.82 Å². The number of aliphatic hydroxyl groups is 1. The van der Waals surface area contributed by atoms with Crippen molar-refractivity contribution in [3.8, 4) is 0 Å². The largest absolute Gasteiger partial charge is 0.388 e. The molecule has 102 valence electrons. The van der Waals surface area contributed by atoms with Gasteiger partial charge in [-0.25, -0.2) is 4.98 Å². The van der Waals surface area contributed by atoms with Crippen molar-refractivity contribution in [3.63, 3.8) is 0 Å². The highest BCUT2D eigenvalue weighted by Crippen LogP contribution is 2.24. The summed E-state index contributed by atoms with van der Waals surface area (Å²) in [6.45, 7) is 6.56. The molecule has 0 bridgehead atoms. The van der Waals surface area contributed by atoms with E-state index in [0.29, 0.717) is 6.42 Å². The van der Waals surface area contributed by atoms with Gasteiger partial charge in [0.2, 0.25) is 0 Å². The van der Waals surface area contributed by atoms with E-state index in [-0.39, 0.29) is 5.41 Å². The Morgan fingerprint density at radius 3 is 2.32 bits per heavy atom. The van der Waals surface area contributed by atoms with Crippen LogP contribution in [0.15, 0.2) is 36.7 Å². The molecule has 0 radical (unpaired) electrons. The number of hydrogen-bond acceptors (Lipinski definition) is 2. The highest BCUT2D eigenvalue weighted by molar-refractivity contribution is 5.29. The summed E-state index contributed by atoms with van der Waals surface area (Å²) < 4.78 is 1.94. The summed E-state index contributed by atoms with van der Waals surface area (Å²) >= 11 is 0. The first-order valence-electron chi connectivity index (χ1n) is 6.62. The lowest BCUT2D eigenvalue weighted by Gasteiger charge is -2.20. The van der Waals surface area contributed by atoms with E-state index in [4.69, 9.17) is 0 Å². The zero-order valence-electron chi connectivity index (χ0n) is 12.1. The van der Waals surface area contributed by atoms with Gasteiger partial charge in [-0.1, -0.05) is 45.0 Å². The number of aryl methyl sites for hydroxylation is 1. The zero-order chi connectivity index (χ0) is 14.0. The third-order valence-electron chi connectivity index (χ3n) is 3.46. The smallest absolute Gasteiger partial charge is 0.111 e. The molecule has 0 amide bonds. The quantitative estimate of drug-likeness (QED) is 0.919. The Balaban J connectivity index is 2.12. The maximum atomic E-state index is 10.3. The lowest BCUT2D eigenvalue weighted by Crippen LogP contribution is -2.11. The van der Waals surface area contributed by atoms with Gasteiger partial charge in [0, 0.05) is 25.9 Å². The molecule has 0 spiro atoms. The topological polar surface area (TPSA) is 38.0 Å². The zero-order valence-corrected chi connectivity index (χ0v) is 12.1. The number of imidazole rings is 1. The minimum absolute atomic E-state index is 0.142. The summed E-state index contributed by atoms with van der Waals surface area (Å²) in [6.07, 6.45) is 3.68. The first kappa shape index (κ1) is 13.8. The summed E-state index contributed by atoms with van der Waals surface area (Å²) in [6, 6.07) is 8.20. The summed E-state index contributed by atoms with van der Waals surface area (Å²) in [7, 11) is 1.94. The van der Waals surface area contributed by atoms with Crippen LogP contribution in [0.2, 0.25) is 0 Å². The van der Waals surface area contributed by atoms with Gasteiger partial charge in [-0.3, -0.25) is 0 Å². The molecule has 1 N–H and O–H groups in total. The highest BCUT2D eigenvalue weighted by atomic mass is 16.3. The molecule has 1 heterocycles. The van der Waals surface area contributed by atoms with E-state index in [1.165, 1.54) is 5.56 Å². The lowest BCUT2D eigenvalue weighted by atomic mass is 9.86. The monoisotopic (exact) mass is 258 g/mol. The Labute approximate surface area is 114 Å². The van der Waals surface area contributed by atoms with Crippen molar-refractivity contribution in [2.24, 2.45) is 7.05 Å². The molecule has 1 aromatic carbocycles. The molecule has 3 nitrogen and oxygen atoms in total. The van der Waals surface area contributed by atoms with Gasteiger partial charge in [0.05, 0.1) is 6.10 Å². The van der Waals surface area contributed by atoms with Crippen molar-refractivity contribution in [2.75, 3.05) is 0 Å². The number of rotatable bonds is 3. The third kappa shape index (κ3) is 3.24. The van der Waals surface area contributed by atoms with E-state index in [2.05, 4.69) is 37.9 Å². The minimum Gasteiger partial charge on any atom is -0.388 e. The normalized spacial score (nSPS) is 13.5. The van der Waals surface area contributed by atoms with Gasteiger partial charge in [0.25, 0.3) is 0 Å². The standard InChI is InChI=1S/C16H22N2O/c1-16(2,3)13-7-5-12(6-8-13)14(19)11-15-17-9-10-18(15)4/h5-10,14,19H,11H2,1-4H3. The van der Waals surface area contributed by atoms with Gasteiger partial charge < -0.3 is 9.67 Å². The van der Waals surface area contributed by atoms with Crippen LogP contribution in [0.4, 0.5) is 0 Å². The average Bonchev–Trinajstić information content (AvgIpc) is 2.74. The Kier molecular flexibility index (Phi) is 3.76. The molecule has 19 heavy (non-hydrogen) atoms. The molecule has 0 fully saturated rings. The third-order valence-corrected chi connectivity index (χ3v) is 3.46. The minimum atomic E-state index is -0.505. The van der Waals surface area contributed by atoms with Crippen molar-refractivity contribution < 1.29 is 5.11 Å². The average molecular weight is 258 g/mol. The van der Waals surface area contributed by atoms with Crippen molar-refractivity contribution in [1.29, 1.82) is 0 Å². The summed E-state index contributed by atoms with van der Waals surface area (Å²) in [5.74, 6) is 0.896. The van der Waals surface area contributed by atoms with Gasteiger partial charge >= 0.3 is 0 Å². The fraction of sp³-hybridized carbons (Fsp3) is 0.438. The van der Waals surface area contributed by atoms with Crippen LogP contribution in [0, 0.1) is 0 Å². The number of hydrogen-bond donors (Lipinski definition) is 1. The second-order valence-electron chi connectivity index (χ2n) is 6.05. The molecule has 2 aromatic rings. The van der Waals surface area contributed by atoms with Crippen LogP contribution in [0.3, 0.4) is 0 Å². The molecule has 0 saturated carbocycles. The highest BCUT2D eigenvalue weighted by Gasteiger charge is 2.15. The Bertz CT molecular complexity index is 535. The molecule has 3 heteroatoms. The summed E-state index contributed by atoms with van der Waals surface area (Å²) in [4.78, 5) is 4.24. The molecule has 0 aliphatic rings. The van der Waals surface area contributed by atoms with Crippen molar-refractivity contribution >= 4 is 0 Å². The molecule has 1 unspecified atom stereocenters. The van der Waals surface area contributed by atoms with E-state index >= 15 is 0 Å². The predicted octanol–water partition coefficient (Wildman–Crippen LogP) is 2.99. The molecular weight excluding hydrogens is 236 g/mol. The van der Waals surface area contributed by atoms with E-state index in [0.717, 1.165) is 11.4 Å². The second-order valence-corrected chi connectivity index (χ2v) is 6.05. The summed E-state index contributed by atoms with van der Waals surface area (Å²) in [5, 5.41) is 10.3. The van der Waals surface area contributed by atoms with Crippen molar-refractivity contribution in [1.82, 2.24) is 9.55 Å². The maximum Gasteiger partial charge on any atom is 0.111 e. The van der Waals surface area contributed by atoms with Gasteiger partial charge in [-0.15, -0.1) is 0 Å². The number of benzene rings is 1. The van der Waals surface area contributed by atoms with Crippen LogP contribution >= 0.6 is 0 Å². The molecule has 2 rings (SSSR count). The maximum absolute atomic E-state index is 10.3.